The van der Waals surface area contributed by atoms with Crippen molar-refractivity contribution in [1.29, 1.82) is 0 Å². The minimum absolute atomic E-state index is 0.105. The van der Waals surface area contributed by atoms with Crippen molar-refractivity contribution < 1.29 is 5.11 Å². The van der Waals surface area contributed by atoms with Gasteiger partial charge in [-0.2, -0.15) is 0 Å². The minimum atomic E-state index is -0.105. The molecule has 11 heavy (non-hydrogen) atoms. The summed E-state index contributed by atoms with van der Waals surface area (Å²) in [5.41, 5.74) is 0. The van der Waals surface area contributed by atoms with E-state index in [1.807, 2.05) is 0 Å². The Morgan fingerprint density at radius 1 is 1.27 bits per heavy atom. The summed E-state index contributed by atoms with van der Waals surface area (Å²) in [4.78, 5) is 0. The molecule has 0 amide bonds. The smallest absolute Gasteiger partial charge is 0.0693 e. The second-order valence-corrected chi connectivity index (χ2v) is 3.78. The van der Waals surface area contributed by atoms with Crippen LogP contribution in [0.4, 0.5) is 0 Å². The quantitative estimate of drug-likeness (QED) is 0.633. The second kappa shape index (κ2) is 4.07. The fourth-order valence-electron chi connectivity index (χ4n) is 1.73. The van der Waals surface area contributed by atoms with E-state index in [2.05, 4.69) is 19.2 Å². The first-order chi connectivity index (χ1) is 5.20. The Bertz CT molecular complexity index is 114. The molecule has 66 valence electrons. The van der Waals surface area contributed by atoms with Crippen molar-refractivity contribution >= 4 is 0 Å². The highest BCUT2D eigenvalue weighted by Crippen LogP contribution is 2.18. The van der Waals surface area contributed by atoms with E-state index < -0.39 is 0 Å². The maximum absolute atomic E-state index is 9.56. The molecule has 2 heteroatoms. The molecule has 0 unspecified atom stereocenters. The molecule has 2 N–H and O–H groups in total. The third-order valence-corrected chi connectivity index (χ3v) is 2.28. The molecular weight excluding hydrogens is 138 g/mol. The lowest BCUT2D eigenvalue weighted by Gasteiger charge is -2.30. The lowest BCUT2D eigenvalue weighted by atomic mass is 9.92. The topological polar surface area (TPSA) is 32.3 Å². The Morgan fingerprint density at radius 3 is 2.45 bits per heavy atom. The van der Waals surface area contributed by atoms with Crippen molar-refractivity contribution in [3.8, 4) is 0 Å². The molecular formula is C9H19NO. The van der Waals surface area contributed by atoms with Crippen LogP contribution in [0.2, 0.25) is 0 Å². The molecule has 0 heterocycles. The normalized spacial score (nSPS) is 32.7. The number of aliphatic hydroxyl groups is 1. The summed E-state index contributed by atoms with van der Waals surface area (Å²) in [6.45, 7) is 4.25. The highest BCUT2D eigenvalue weighted by molar-refractivity contribution is 4.81. The van der Waals surface area contributed by atoms with E-state index in [9.17, 15) is 5.11 Å². The van der Waals surface area contributed by atoms with E-state index in [-0.39, 0.29) is 6.10 Å². The van der Waals surface area contributed by atoms with Gasteiger partial charge >= 0.3 is 0 Å². The fraction of sp³-hybridized carbons (Fsp3) is 1.00. The fourth-order valence-corrected chi connectivity index (χ4v) is 1.73. The first kappa shape index (κ1) is 9.01. The van der Waals surface area contributed by atoms with E-state index >= 15 is 0 Å². The Kier molecular flexibility index (Phi) is 3.34. The molecule has 0 aromatic carbocycles. The lowest BCUT2D eigenvalue weighted by molar-refractivity contribution is 0.0871. The van der Waals surface area contributed by atoms with Gasteiger partial charge in [-0.15, -0.1) is 0 Å². The number of hydrogen-bond donors (Lipinski definition) is 2. The van der Waals surface area contributed by atoms with Crippen LogP contribution in [0.25, 0.3) is 0 Å². The van der Waals surface area contributed by atoms with Crippen LogP contribution in [-0.2, 0) is 0 Å². The summed E-state index contributed by atoms with van der Waals surface area (Å²) >= 11 is 0. The molecule has 1 fully saturated rings. The number of hydrogen-bond acceptors (Lipinski definition) is 2. The van der Waals surface area contributed by atoms with Crippen LogP contribution >= 0.6 is 0 Å². The molecule has 1 saturated carbocycles. The molecule has 2 nitrogen and oxygen atoms in total. The van der Waals surface area contributed by atoms with Crippen LogP contribution in [0.15, 0.2) is 0 Å². The van der Waals surface area contributed by atoms with Gasteiger partial charge in [0.05, 0.1) is 6.10 Å². The molecule has 1 aliphatic carbocycles. The summed E-state index contributed by atoms with van der Waals surface area (Å²) in [7, 11) is 0. The number of nitrogens with one attached hydrogen (secondary N) is 1. The predicted molar refractivity (Wildman–Crippen MR) is 46.5 cm³/mol. The Balaban J connectivity index is 2.29. The van der Waals surface area contributed by atoms with Gasteiger partial charge in [0.1, 0.15) is 0 Å². The Labute approximate surface area is 69.0 Å². The number of aliphatic hydroxyl groups excluding tert-OH is 1. The molecule has 0 radical (unpaired) electrons. The van der Waals surface area contributed by atoms with Gasteiger partial charge in [-0.25, -0.2) is 0 Å². The monoisotopic (exact) mass is 157 g/mol. The van der Waals surface area contributed by atoms with Gasteiger partial charge in [-0.1, -0.05) is 26.7 Å². The largest absolute Gasteiger partial charge is 0.392 e. The van der Waals surface area contributed by atoms with E-state index in [0.29, 0.717) is 12.1 Å². The van der Waals surface area contributed by atoms with Crippen LogP contribution < -0.4 is 5.32 Å². The second-order valence-electron chi connectivity index (χ2n) is 3.78. The van der Waals surface area contributed by atoms with Gasteiger partial charge in [0.25, 0.3) is 0 Å². The first-order valence-electron chi connectivity index (χ1n) is 4.64. The average molecular weight is 157 g/mol. The third-order valence-electron chi connectivity index (χ3n) is 2.28. The highest BCUT2D eigenvalue weighted by Gasteiger charge is 2.22. The van der Waals surface area contributed by atoms with Gasteiger partial charge in [0, 0.05) is 12.1 Å². The summed E-state index contributed by atoms with van der Waals surface area (Å²) in [5.74, 6) is 0. The summed E-state index contributed by atoms with van der Waals surface area (Å²) in [6.07, 6.45) is 4.47. The van der Waals surface area contributed by atoms with Gasteiger partial charge in [-0.3, -0.25) is 0 Å². The van der Waals surface area contributed by atoms with Gasteiger partial charge < -0.3 is 10.4 Å². The molecule has 2 atom stereocenters. The molecule has 0 aromatic rings. The van der Waals surface area contributed by atoms with Crippen LogP contribution in [0.3, 0.4) is 0 Å². The zero-order valence-corrected chi connectivity index (χ0v) is 7.51. The molecule has 0 aromatic heterocycles. The van der Waals surface area contributed by atoms with E-state index in [1.165, 1.54) is 12.8 Å². The van der Waals surface area contributed by atoms with Crippen LogP contribution in [0.1, 0.15) is 39.5 Å². The van der Waals surface area contributed by atoms with Crippen molar-refractivity contribution in [2.24, 2.45) is 0 Å². The van der Waals surface area contributed by atoms with Gasteiger partial charge in [0.2, 0.25) is 0 Å². The summed E-state index contributed by atoms with van der Waals surface area (Å²) in [6, 6.07) is 0.844. The van der Waals surface area contributed by atoms with Crippen LogP contribution in [0, 0.1) is 0 Å². The van der Waals surface area contributed by atoms with Crippen molar-refractivity contribution in [1.82, 2.24) is 5.32 Å². The van der Waals surface area contributed by atoms with Crippen LogP contribution in [-0.4, -0.2) is 23.3 Å². The molecule has 1 rings (SSSR count). The van der Waals surface area contributed by atoms with Gasteiger partial charge in [0.15, 0.2) is 0 Å². The zero-order valence-electron chi connectivity index (χ0n) is 7.51. The van der Waals surface area contributed by atoms with Crippen molar-refractivity contribution in [2.45, 2.75) is 57.7 Å². The summed E-state index contributed by atoms with van der Waals surface area (Å²) < 4.78 is 0. The van der Waals surface area contributed by atoms with Crippen LogP contribution in [0.5, 0.6) is 0 Å². The zero-order chi connectivity index (χ0) is 8.27. The van der Waals surface area contributed by atoms with E-state index in [1.54, 1.807) is 0 Å². The Hall–Kier alpha value is -0.0800. The standard InChI is InChI=1S/C9H19NO/c1-7(2)10-8-5-3-4-6-9(8)11/h7-11H,3-6H2,1-2H3/t8-,9-/m0/s1. The maximum atomic E-state index is 9.56. The maximum Gasteiger partial charge on any atom is 0.0693 e. The highest BCUT2D eigenvalue weighted by atomic mass is 16.3. The number of rotatable bonds is 2. The minimum Gasteiger partial charge on any atom is -0.392 e. The first-order valence-corrected chi connectivity index (χ1v) is 4.64. The van der Waals surface area contributed by atoms with Crippen molar-refractivity contribution in [3.63, 3.8) is 0 Å². The molecule has 0 spiro atoms. The molecule has 0 saturated heterocycles. The molecule has 1 aliphatic rings. The third kappa shape index (κ3) is 2.80. The SMILES string of the molecule is CC(C)N[C@H]1CCCC[C@@H]1O. The average Bonchev–Trinajstić information content (AvgIpc) is 1.93. The summed E-state index contributed by atoms with van der Waals surface area (Å²) in [5, 5.41) is 12.9. The van der Waals surface area contributed by atoms with E-state index in [4.69, 9.17) is 0 Å². The Morgan fingerprint density at radius 2 is 1.91 bits per heavy atom. The predicted octanol–water partition coefficient (Wildman–Crippen LogP) is 1.29. The van der Waals surface area contributed by atoms with Crippen molar-refractivity contribution in [3.05, 3.63) is 0 Å². The molecule has 0 bridgehead atoms. The van der Waals surface area contributed by atoms with E-state index in [0.717, 1.165) is 12.8 Å². The van der Waals surface area contributed by atoms with Gasteiger partial charge in [-0.05, 0) is 12.8 Å². The molecule has 0 aliphatic heterocycles. The van der Waals surface area contributed by atoms with Crippen molar-refractivity contribution in [2.75, 3.05) is 0 Å². The lowest BCUT2D eigenvalue weighted by Crippen LogP contribution is -2.45.